The summed E-state index contributed by atoms with van der Waals surface area (Å²) in [5.74, 6) is 2.80. The van der Waals surface area contributed by atoms with Crippen molar-refractivity contribution in [3.63, 3.8) is 0 Å². The Morgan fingerprint density at radius 2 is 1.83 bits per heavy atom. The van der Waals surface area contributed by atoms with Crippen molar-refractivity contribution in [3.8, 4) is 17.2 Å². The molecular formula is C16H17N3O4S. The van der Waals surface area contributed by atoms with Crippen LogP contribution < -0.4 is 4.74 Å². The van der Waals surface area contributed by atoms with Crippen LogP contribution in [0.4, 0.5) is 0 Å². The second-order valence-electron chi connectivity index (χ2n) is 5.28. The number of rotatable bonds is 6. The molecule has 8 heteroatoms. The zero-order valence-electron chi connectivity index (χ0n) is 13.6. The third-order valence-electron chi connectivity index (χ3n) is 3.58. The Balaban J connectivity index is 1.68. The summed E-state index contributed by atoms with van der Waals surface area (Å²) in [5, 5.41) is 7.76. The number of benzene rings is 1. The topological polar surface area (TPSA) is 91.2 Å². The van der Waals surface area contributed by atoms with E-state index >= 15 is 0 Å². The van der Waals surface area contributed by atoms with E-state index in [-0.39, 0.29) is 5.75 Å². The van der Waals surface area contributed by atoms with Gasteiger partial charge in [0.1, 0.15) is 11.5 Å². The molecule has 0 saturated heterocycles. The van der Waals surface area contributed by atoms with E-state index in [1.54, 1.807) is 7.11 Å². The molecule has 0 amide bonds. The molecule has 0 aliphatic carbocycles. The highest BCUT2D eigenvalue weighted by Crippen LogP contribution is 2.21. The Kier molecular flexibility index (Phi) is 4.75. The lowest BCUT2D eigenvalue weighted by molar-refractivity contribution is 0.392. The normalized spacial score (nSPS) is 12.3. The number of aromatic nitrogens is 3. The standard InChI is InChI=1S/C16H17N3O4S/c1-10-14(11(2)22-18-10)8-24(20)9-15-17-16(23-19-15)12-4-6-13(21-3)7-5-12/h4-7H,8-9H2,1-3H3/t24-/m1/s1. The van der Waals surface area contributed by atoms with Crippen LogP contribution in [0.15, 0.2) is 33.3 Å². The highest BCUT2D eigenvalue weighted by molar-refractivity contribution is 7.83. The molecule has 126 valence electrons. The molecule has 0 unspecified atom stereocenters. The Hall–Kier alpha value is -2.48. The van der Waals surface area contributed by atoms with Gasteiger partial charge in [0.2, 0.25) is 0 Å². The van der Waals surface area contributed by atoms with Gasteiger partial charge in [0.15, 0.2) is 5.82 Å². The second-order valence-corrected chi connectivity index (χ2v) is 6.73. The van der Waals surface area contributed by atoms with Crippen LogP contribution in [0, 0.1) is 13.8 Å². The summed E-state index contributed by atoms with van der Waals surface area (Å²) < 4.78 is 27.8. The van der Waals surface area contributed by atoms with E-state index in [0.29, 0.717) is 23.2 Å². The van der Waals surface area contributed by atoms with Crippen molar-refractivity contribution in [2.75, 3.05) is 7.11 Å². The monoisotopic (exact) mass is 347 g/mol. The Morgan fingerprint density at radius 3 is 2.46 bits per heavy atom. The van der Waals surface area contributed by atoms with Gasteiger partial charge in [-0.05, 0) is 38.1 Å². The van der Waals surface area contributed by atoms with Gasteiger partial charge < -0.3 is 13.8 Å². The summed E-state index contributed by atoms with van der Waals surface area (Å²) in [7, 11) is 0.431. The molecular weight excluding hydrogens is 330 g/mol. The number of hydrogen-bond acceptors (Lipinski definition) is 7. The molecule has 0 fully saturated rings. The predicted molar refractivity (Wildman–Crippen MR) is 87.8 cm³/mol. The molecule has 0 spiro atoms. The number of hydrogen-bond donors (Lipinski definition) is 0. The smallest absolute Gasteiger partial charge is 0.257 e. The first-order chi connectivity index (χ1) is 11.6. The summed E-state index contributed by atoms with van der Waals surface area (Å²) in [6.07, 6.45) is 0. The van der Waals surface area contributed by atoms with Crippen LogP contribution in [0.3, 0.4) is 0 Å². The van der Waals surface area contributed by atoms with Crippen molar-refractivity contribution in [2.45, 2.75) is 25.4 Å². The van der Waals surface area contributed by atoms with E-state index < -0.39 is 10.8 Å². The summed E-state index contributed by atoms with van der Waals surface area (Å²) >= 11 is 0. The first-order valence-corrected chi connectivity index (χ1v) is 8.79. The second kappa shape index (κ2) is 6.96. The maximum Gasteiger partial charge on any atom is 0.257 e. The van der Waals surface area contributed by atoms with Crippen molar-refractivity contribution < 1.29 is 18.0 Å². The lowest BCUT2D eigenvalue weighted by atomic mass is 10.2. The van der Waals surface area contributed by atoms with Gasteiger partial charge in [-0.25, -0.2) is 0 Å². The SMILES string of the molecule is COc1ccc(-c2nc(C[S@](=O)Cc3c(C)noc3C)no2)cc1. The zero-order chi connectivity index (χ0) is 17.1. The number of nitrogens with zero attached hydrogens (tertiary/aromatic N) is 3. The lowest BCUT2D eigenvalue weighted by Gasteiger charge is -1.99. The van der Waals surface area contributed by atoms with Gasteiger partial charge in [-0.15, -0.1) is 0 Å². The van der Waals surface area contributed by atoms with Crippen molar-refractivity contribution in [1.82, 2.24) is 15.3 Å². The van der Waals surface area contributed by atoms with Crippen LogP contribution in [-0.2, 0) is 22.3 Å². The lowest BCUT2D eigenvalue weighted by Crippen LogP contribution is -2.02. The van der Waals surface area contributed by atoms with E-state index in [0.717, 1.165) is 22.6 Å². The molecule has 3 rings (SSSR count). The molecule has 0 N–H and O–H groups in total. The maximum absolute atomic E-state index is 12.3. The Bertz CT molecular complexity index is 835. The first-order valence-electron chi connectivity index (χ1n) is 7.30. The summed E-state index contributed by atoms with van der Waals surface area (Å²) in [4.78, 5) is 4.30. The molecule has 2 aromatic heterocycles. The molecule has 7 nitrogen and oxygen atoms in total. The molecule has 0 radical (unpaired) electrons. The largest absolute Gasteiger partial charge is 0.497 e. The molecule has 2 heterocycles. The summed E-state index contributed by atoms with van der Waals surface area (Å²) in [5.41, 5.74) is 2.41. The molecule has 24 heavy (non-hydrogen) atoms. The Morgan fingerprint density at radius 1 is 1.08 bits per heavy atom. The average Bonchev–Trinajstić information content (AvgIpc) is 3.17. The fraction of sp³-hybridized carbons (Fsp3) is 0.312. The van der Waals surface area contributed by atoms with E-state index in [1.165, 1.54) is 0 Å². The summed E-state index contributed by atoms with van der Waals surface area (Å²) in [6, 6.07) is 7.29. The third kappa shape index (κ3) is 3.53. The minimum Gasteiger partial charge on any atom is -0.497 e. The zero-order valence-corrected chi connectivity index (χ0v) is 14.4. The van der Waals surface area contributed by atoms with Gasteiger partial charge in [-0.1, -0.05) is 10.3 Å². The minimum atomic E-state index is -1.17. The van der Waals surface area contributed by atoms with Gasteiger partial charge in [-0.2, -0.15) is 4.98 Å². The Labute approximate surface area is 141 Å². The van der Waals surface area contributed by atoms with E-state index in [2.05, 4.69) is 15.3 Å². The van der Waals surface area contributed by atoms with Gasteiger partial charge in [0, 0.05) is 21.9 Å². The van der Waals surface area contributed by atoms with Crippen LogP contribution >= 0.6 is 0 Å². The fourth-order valence-electron chi connectivity index (χ4n) is 2.23. The molecule has 3 aromatic rings. The fourth-order valence-corrected chi connectivity index (χ4v) is 3.47. The molecule has 1 atom stereocenters. The number of ether oxygens (including phenoxy) is 1. The number of aryl methyl sites for hydroxylation is 2. The highest BCUT2D eigenvalue weighted by Gasteiger charge is 2.16. The van der Waals surface area contributed by atoms with Crippen molar-refractivity contribution in [1.29, 1.82) is 0 Å². The van der Waals surface area contributed by atoms with Crippen molar-refractivity contribution in [2.24, 2.45) is 0 Å². The van der Waals surface area contributed by atoms with Gasteiger partial charge in [0.25, 0.3) is 5.89 Å². The summed E-state index contributed by atoms with van der Waals surface area (Å²) in [6.45, 7) is 3.64. The van der Waals surface area contributed by atoms with Gasteiger partial charge >= 0.3 is 0 Å². The van der Waals surface area contributed by atoms with Gasteiger partial charge in [0.05, 0.1) is 24.3 Å². The van der Waals surface area contributed by atoms with E-state index in [4.69, 9.17) is 13.8 Å². The third-order valence-corrected chi connectivity index (χ3v) is 4.77. The van der Waals surface area contributed by atoms with E-state index in [9.17, 15) is 4.21 Å². The van der Waals surface area contributed by atoms with Crippen molar-refractivity contribution in [3.05, 3.63) is 47.1 Å². The van der Waals surface area contributed by atoms with Crippen LogP contribution in [0.2, 0.25) is 0 Å². The van der Waals surface area contributed by atoms with Gasteiger partial charge in [-0.3, -0.25) is 4.21 Å². The minimum absolute atomic E-state index is 0.212. The average molecular weight is 347 g/mol. The van der Waals surface area contributed by atoms with Crippen LogP contribution in [0.1, 0.15) is 22.8 Å². The first kappa shape index (κ1) is 16.4. The number of methoxy groups -OCH3 is 1. The molecule has 0 aliphatic rings. The van der Waals surface area contributed by atoms with Crippen LogP contribution in [0.25, 0.3) is 11.5 Å². The molecule has 0 saturated carbocycles. The van der Waals surface area contributed by atoms with Crippen LogP contribution in [0.5, 0.6) is 5.75 Å². The molecule has 1 aromatic carbocycles. The molecule has 0 bridgehead atoms. The van der Waals surface area contributed by atoms with Crippen LogP contribution in [-0.4, -0.2) is 26.6 Å². The maximum atomic E-state index is 12.3. The van der Waals surface area contributed by atoms with E-state index in [1.807, 2.05) is 38.1 Å². The predicted octanol–water partition coefficient (Wildman–Crippen LogP) is 2.80. The quantitative estimate of drug-likeness (QED) is 0.677. The van der Waals surface area contributed by atoms with Crippen molar-refractivity contribution >= 4 is 10.8 Å². The highest BCUT2D eigenvalue weighted by atomic mass is 32.2. The molecule has 0 aliphatic heterocycles.